The van der Waals surface area contributed by atoms with Gasteiger partial charge in [0.1, 0.15) is 17.8 Å². The predicted molar refractivity (Wildman–Crippen MR) is 84.7 cm³/mol. The Kier molecular flexibility index (Phi) is 5.85. The third-order valence-corrected chi connectivity index (χ3v) is 3.09. The van der Waals surface area contributed by atoms with Crippen LogP contribution in [0.25, 0.3) is 0 Å². The zero-order valence-electron chi connectivity index (χ0n) is 12.8. The molecule has 1 aromatic carbocycles. The highest BCUT2D eigenvalue weighted by molar-refractivity contribution is 5.92. The standard InChI is InChI=1S/C16H20N4O2/c1-12-3-5-13(6-4-12)10-18-15-9-14(19-11-20-15)16(21)17-7-8-22-2/h3-6,9,11H,7-8,10H2,1-2H3,(H,17,21)(H,18,19,20). The van der Waals surface area contributed by atoms with Gasteiger partial charge in [0.25, 0.3) is 5.91 Å². The molecule has 2 aromatic rings. The predicted octanol–water partition coefficient (Wildman–Crippen LogP) is 1.77. The fraction of sp³-hybridized carbons (Fsp3) is 0.312. The molecule has 0 atom stereocenters. The van der Waals surface area contributed by atoms with Crippen molar-refractivity contribution in [2.24, 2.45) is 0 Å². The van der Waals surface area contributed by atoms with E-state index < -0.39 is 0 Å². The molecule has 6 heteroatoms. The van der Waals surface area contributed by atoms with Crippen molar-refractivity contribution in [3.63, 3.8) is 0 Å². The lowest BCUT2D eigenvalue weighted by molar-refractivity contribution is 0.0932. The highest BCUT2D eigenvalue weighted by atomic mass is 16.5. The first-order valence-electron chi connectivity index (χ1n) is 7.07. The first-order valence-corrected chi connectivity index (χ1v) is 7.07. The van der Waals surface area contributed by atoms with E-state index in [1.807, 2.05) is 0 Å². The van der Waals surface area contributed by atoms with E-state index >= 15 is 0 Å². The minimum Gasteiger partial charge on any atom is -0.383 e. The Bertz CT molecular complexity index is 614. The SMILES string of the molecule is COCCNC(=O)c1cc(NCc2ccc(C)cc2)ncn1. The Balaban J connectivity index is 1.93. The largest absolute Gasteiger partial charge is 0.383 e. The molecule has 22 heavy (non-hydrogen) atoms. The monoisotopic (exact) mass is 300 g/mol. The van der Waals surface area contributed by atoms with E-state index in [0.717, 1.165) is 5.56 Å². The van der Waals surface area contributed by atoms with Crippen LogP contribution in [0.5, 0.6) is 0 Å². The fourth-order valence-electron chi connectivity index (χ4n) is 1.83. The van der Waals surface area contributed by atoms with Gasteiger partial charge in [-0.25, -0.2) is 9.97 Å². The average Bonchev–Trinajstić information content (AvgIpc) is 2.55. The van der Waals surface area contributed by atoms with E-state index in [9.17, 15) is 4.79 Å². The maximum atomic E-state index is 11.9. The number of methoxy groups -OCH3 is 1. The van der Waals surface area contributed by atoms with Crippen LogP contribution >= 0.6 is 0 Å². The number of aryl methyl sites for hydroxylation is 1. The van der Waals surface area contributed by atoms with E-state index in [1.54, 1.807) is 13.2 Å². The molecular weight excluding hydrogens is 280 g/mol. The van der Waals surface area contributed by atoms with E-state index in [1.165, 1.54) is 11.9 Å². The van der Waals surface area contributed by atoms with Gasteiger partial charge < -0.3 is 15.4 Å². The van der Waals surface area contributed by atoms with Crippen LogP contribution in [0.15, 0.2) is 36.7 Å². The van der Waals surface area contributed by atoms with Gasteiger partial charge in [0, 0.05) is 26.3 Å². The Hall–Kier alpha value is -2.47. The number of benzene rings is 1. The minimum absolute atomic E-state index is 0.238. The molecule has 116 valence electrons. The molecule has 6 nitrogen and oxygen atoms in total. The van der Waals surface area contributed by atoms with Crippen LogP contribution in [0.1, 0.15) is 21.6 Å². The summed E-state index contributed by atoms with van der Waals surface area (Å²) in [6, 6.07) is 9.87. The second-order valence-electron chi connectivity index (χ2n) is 4.88. The zero-order valence-corrected chi connectivity index (χ0v) is 12.8. The molecule has 2 rings (SSSR count). The van der Waals surface area contributed by atoms with Gasteiger partial charge >= 0.3 is 0 Å². The van der Waals surface area contributed by atoms with E-state index in [0.29, 0.717) is 31.2 Å². The topological polar surface area (TPSA) is 76.1 Å². The first-order chi connectivity index (χ1) is 10.7. The molecule has 0 aliphatic carbocycles. The number of rotatable bonds is 7. The Labute approximate surface area is 129 Å². The first kappa shape index (κ1) is 15.9. The van der Waals surface area contributed by atoms with Crippen LogP contribution in [-0.4, -0.2) is 36.1 Å². The molecule has 0 saturated heterocycles. The summed E-state index contributed by atoms with van der Waals surface area (Å²) in [5.74, 6) is 0.380. The van der Waals surface area contributed by atoms with E-state index in [-0.39, 0.29) is 5.91 Å². The molecule has 1 amide bonds. The summed E-state index contributed by atoms with van der Waals surface area (Å²) in [6.45, 7) is 3.61. The molecule has 0 spiro atoms. The van der Waals surface area contributed by atoms with Gasteiger partial charge in [-0.05, 0) is 12.5 Å². The Morgan fingerprint density at radius 2 is 2.00 bits per heavy atom. The molecule has 0 unspecified atom stereocenters. The summed E-state index contributed by atoms with van der Waals surface area (Å²) >= 11 is 0. The molecule has 0 fully saturated rings. The number of amides is 1. The highest BCUT2D eigenvalue weighted by Gasteiger charge is 2.07. The second kappa shape index (κ2) is 8.09. The maximum absolute atomic E-state index is 11.9. The summed E-state index contributed by atoms with van der Waals surface area (Å²) in [5, 5.41) is 5.91. The summed E-state index contributed by atoms with van der Waals surface area (Å²) in [7, 11) is 1.59. The highest BCUT2D eigenvalue weighted by Crippen LogP contribution is 2.08. The van der Waals surface area contributed by atoms with Gasteiger partial charge in [0.2, 0.25) is 0 Å². The Morgan fingerprint density at radius 3 is 2.73 bits per heavy atom. The van der Waals surface area contributed by atoms with Gasteiger partial charge in [-0.15, -0.1) is 0 Å². The molecule has 0 saturated carbocycles. The number of ether oxygens (including phenoxy) is 1. The molecule has 2 N–H and O–H groups in total. The summed E-state index contributed by atoms with van der Waals surface area (Å²) < 4.78 is 4.89. The number of carbonyl (C=O) groups excluding carboxylic acids is 1. The van der Waals surface area contributed by atoms with Gasteiger partial charge in [-0.3, -0.25) is 4.79 Å². The van der Waals surface area contributed by atoms with Gasteiger partial charge in [0.15, 0.2) is 0 Å². The van der Waals surface area contributed by atoms with Crippen molar-refractivity contribution in [1.82, 2.24) is 15.3 Å². The van der Waals surface area contributed by atoms with Crippen molar-refractivity contribution in [3.8, 4) is 0 Å². The third kappa shape index (κ3) is 4.82. The van der Waals surface area contributed by atoms with Crippen molar-refractivity contribution < 1.29 is 9.53 Å². The van der Waals surface area contributed by atoms with Gasteiger partial charge in [-0.2, -0.15) is 0 Å². The number of carbonyl (C=O) groups is 1. The number of hydrogen-bond donors (Lipinski definition) is 2. The third-order valence-electron chi connectivity index (χ3n) is 3.09. The number of aromatic nitrogens is 2. The fourth-order valence-corrected chi connectivity index (χ4v) is 1.83. The molecule has 0 bridgehead atoms. The van der Waals surface area contributed by atoms with Crippen molar-refractivity contribution in [2.45, 2.75) is 13.5 Å². The van der Waals surface area contributed by atoms with Gasteiger partial charge in [-0.1, -0.05) is 29.8 Å². The average molecular weight is 300 g/mol. The normalized spacial score (nSPS) is 10.3. The molecule has 0 radical (unpaired) electrons. The van der Waals surface area contributed by atoms with Crippen LogP contribution in [0.3, 0.4) is 0 Å². The maximum Gasteiger partial charge on any atom is 0.270 e. The van der Waals surface area contributed by atoms with Crippen LogP contribution in [0.4, 0.5) is 5.82 Å². The second-order valence-corrected chi connectivity index (χ2v) is 4.88. The van der Waals surface area contributed by atoms with Gasteiger partial charge in [0.05, 0.1) is 6.61 Å². The lowest BCUT2D eigenvalue weighted by atomic mass is 10.1. The molecule has 1 aromatic heterocycles. The zero-order chi connectivity index (χ0) is 15.8. The van der Waals surface area contributed by atoms with Crippen molar-refractivity contribution in [3.05, 3.63) is 53.5 Å². The minimum atomic E-state index is -0.238. The number of hydrogen-bond acceptors (Lipinski definition) is 5. The number of nitrogens with zero attached hydrogens (tertiary/aromatic N) is 2. The summed E-state index contributed by atoms with van der Waals surface area (Å²) in [6.07, 6.45) is 1.38. The van der Waals surface area contributed by atoms with Crippen LogP contribution in [0, 0.1) is 6.92 Å². The smallest absolute Gasteiger partial charge is 0.270 e. The van der Waals surface area contributed by atoms with E-state index in [2.05, 4.69) is 51.8 Å². The lowest BCUT2D eigenvalue weighted by Crippen LogP contribution is -2.27. The van der Waals surface area contributed by atoms with Crippen LogP contribution in [-0.2, 0) is 11.3 Å². The number of anilines is 1. The van der Waals surface area contributed by atoms with E-state index in [4.69, 9.17) is 4.74 Å². The summed E-state index contributed by atoms with van der Waals surface area (Å²) in [5.41, 5.74) is 2.70. The molecule has 0 aliphatic heterocycles. The Morgan fingerprint density at radius 1 is 1.23 bits per heavy atom. The quantitative estimate of drug-likeness (QED) is 0.762. The van der Waals surface area contributed by atoms with Crippen molar-refractivity contribution in [1.29, 1.82) is 0 Å². The molecule has 1 heterocycles. The molecule has 0 aliphatic rings. The number of nitrogens with one attached hydrogen (secondary N) is 2. The summed E-state index contributed by atoms with van der Waals surface area (Å²) in [4.78, 5) is 20.0. The van der Waals surface area contributed by atoms with Crippen molar-refractivity contribution in [2.75, 3.05) is 25.6 Å². The lowest BCUT2D eigenvalue weighted by Gasteiger charge is -2.08. The molecular formula is C16H20N4O2. The van der Waals surface area contributed by atoms with Crippen LogP contribution in [0.2, 0.25) is 0 Å². The van der Waals surface area contributed by atoms with Crippen LogP contribution < -0.4 is 10.6 Å². The van der Waals surface area contributed by atoms with Crippen molar-refractivity contribution >= 4 is 11.7 Å².